The summed E-state index contributed by atoms with van der Waals surface area (Å²) in [7, 11) is -2.92. The number of rotatable bonds is 0. The first-order valence-electron chi connectivity index (χ1n) is 5.90. The highest BCUT2D eigenvalue weighted by molar-refractivity contribution is 7.93. The lowest BCUT2D eigenvalue weighted by molar-refractivity contribution is -0.126. The van der Waals surface area contributed by atoms with Gasteiger partial charge in [0, 0.05) is 11.8 Å². The third-order valence-corrected chi connectivity index (χ3v) is 8.84. The topological polar surface area (TPSA) is 51.2 Å². The standard InChI is InChI=1S/C11H12O3S/c12-9-7-3-1-2-4-6-5(3)8(9)11(6)15(13,14)10(4)7/h3-8,10-11H,1-2H2/t3-,4-,5+,6+,7+,8+,10-,11+/m1/s1. The first kappa shape index (κ1) is 7.82. The van der Waals surface area contributed by atoms with Crippen LogP contribution in [-0.4, -0.2) is 24.7 Å². The summed E-state index contributed by atoms with van der Waals surface area (Å²) >= 11 is 0. The smallest absolute Gasteiger partial charge is 0.158 e. The summed E-state index contributed by atoms with van der Waals surface area (Å²) in [6.45, 7) is 0. The van der Waals surface area contributed by atoms with Gasteiger partial charge in [-0.25, -0.2) is 8.42 Å². The highest BCUT2D eigenvalue weighted by Crippen LogP contribution is 2.76. The molecule has 0 amide bonds. The highest BCUT2D eigenvalue weighted by atomic mass is 32.2. The number of sulfone groups is 1. The van der Waals surface area contributed by atoms with Gasteiger partial charge in [-0.15, -0.1) is 0 Å². The van der Waals surface area contributed by atoms with E-state index in [2.05, 4.69) is 0 Å². The van der Waals surface area contributed by atoms with Crippen LogP contribution in [0.15, 0.2) is 0 Å². The van der Waals surface area contributed by atoms with Gasteiger partial charge in [0.1, 0.15) is 5.78 Å². The average Bonchev–Trinajstić information content (AvgIpc) is 2.36. The van der Waals surface area contributed by atoms with E-state index in [-0.39, 0.29) is 22.3 Å². The summed E-state index contributed by atoms with van der Waals surface area (Å²) < 4.78 is 24.5. The number of Topliss-reactive ketones (excluding diaryl/α,β-unsaturated/α-hetero) is 1. The zero-order chi connectivity index (χ0) is 10.1. The van der Waals surface area contributed by atoms with Crippen molar-refractivity contribution >= 4 is 15.6 Å². The molecule has 5 aliphatic carbocycles. The van der Waals surface area contributed by atoms with Crippen molar-refractivity contribution in [2.24, 2.45) is 35.5 Å². The van der Waals surface area contributed by atoms with Gasteiger partial charge in [-0.2, -0.15) is 0 Å². The van der Waals surface area contributed by atoms with Gasteiger partial charge in [0.25, 0.3) is 0 Å². The Morgan fingerprint density at radius 1 is 0.933 bits per heavy atom. The monoisotopic (exact) mass is 224 g/mol. The van der Waals surface area contributed by atoms with Crippen LogP contribution >= 0.6 is 0 Å². The number of carbonyl (C=O) groups is 1. The molecule has 15 heavy (non-hydrogen) atoms. The van der Waals surface area contributed by atoms with Crippen molar-refractivity contribution in [1.82, 2.24) is 0 Å². The zero-order valence-electron chi connectivity index (χ0n) is 8.17. The van der Waals surface area contributed by atoms with E-state index >= 15 is 0 Å². The van der Waals surface area contributed by atoms with Crippen molar-refractivity contribution in [2.75, 3.05) is 0 Å². The zero-order valence-corrected chi connectivity index (χ0v) is 8.98. The van der Waals surface area contributed by atoms with E-state index in [1.54, 1.807) is 0 Å². The summed E-state index contributed by atoms with van der Waals surface area (Å²) in [6.07, 6.45) is 2.19. The lowest BCUT2D eigenvalue weighted by atomic mass is 9.50. The average molecular weight is 224 g/mol. The Kier molecular flexibility index (Phi) is 0.944. The highest BCUT2D eigenvalue weighted by Gasteiger charge is 2.83. The molecule has 0 unspecified atom stereocenters. The molecule has 1 saturated heterocycles. The van der Waals surface area contributed by atoms with Crippen LogP contribution in [0.4, 0.5) is 0 Å². The molecule has 6 aliphatic rings. The van der Waals surface area contributed by atoms with E-state index in [1.165, 1.54) is 0 Å². The molecular formula is C11H12O3S. The van der Waals surface area contributed by atoms with Crippen molar-refractivity contribution in [3.8, 4) is 0 Å². The third-order valence-electron chi connectivity index (χ3n) is 6.07. The minimum atomic E-state index is -2.92. The van der Waals surface area contributed by atoms with Crippen LogP contribution in [0.3, 0.4) is 0 Å². The van der Waals surface area contributed by atoms with Crippen molar-refractivity contribution in [1.29, 1.82) is 0 Å². The predicted octanol–water partition coefficient (Wildman–Crippen LogP) is 0.253. The Labute approximate surface area is 88.1 Å². The van der Waals surface area contributed by atoms with E-state index in [0.29, 0.717) is 29.5 Å². The summed E-state index contributed by atoms with van der Waals surface area (Å²) in [5.41, 5.74) is 0. The van der Waals surface area contributed by atoms with Gasteiger partial charge in [0.2, 0.25) is 0 Å². The Bertz CT molecular complexity index is 508. The van der Waals surface area contributed by atoms with Crippen molar-refractivity contribution in [2.45, 2.75) is 23.3 Å². The van der Waals surface area contributed by atoms with Crippen molar-refractivity contribution < 1.29 is 13.2 Å². The molecule has 1 heterocycles. The Morgan fingerprint density at radius 2 is 1.67 bits per heavy atom. The fraction of sp³-hybridized carbons (Fsp3) is 0.909. The molecule has 0 aromatic carbocycles. The summed E-state index contributed by atoms with van der Waals surface area (Å²) in [6, 6.07) is 0. The van der Waals surface area contributed by atoms with E-state index in [9.17, 15) is 13.2 Å². The number of hydrogen-bond acceptors (Lipinski definition) is 3. The third kappa shape index (κ3) is 0.500. The van der Waals surface area contributed by atoms with Crippen LogP contribution in [-0.2, 0) is 14.6 Å². The van der Waals surface area contributed by atoms with E-state index < -0.39 is 9.84 Å². The molecule has 1 aliphatic heterocycles. The summed E-state index contributed by atoms with van der Waals surface area (Å²) in [5.74, 6) is 1.90. The number of hydrogen-bond donors (Lipinski definition) is 0. The molecule has 6 rings (SSSR count). The lowest BCUT2D eigenvalue weighted by Gasteiger charge is -2.52. The van der Waals surface area contributed by atoms with Crippen LogP contribution in [0, 0.1) is 35.5 Å². The minimum absolute atomic E-state index is 0.0588. The van der Waals surface area contributed by atoms with Crippen LogP contribution in [0.2, 0.25) is 0 Å². The predicted molar refractivity (Wildman–Crippen MR) is 51.7 cm³/mol. The van der Waals surface area contributed by atoms with Crippen molar-refractivity contribution in [3.05, 3.63) is 0 Å². The maximum atomic E-state index is 12.2. The molecule has 6 fully saturated rings. The first-order chi connectivity index (χ1) is 7.14. The van der Waals surface area contributed by atoms with Gasteiger partial charge < -0.3 is 0 Å². The summed E-state index contributed by atoms with van der Waals surface area (Å²) in [5, 5.41) is -0.472. The van der Waals surface area contributed by atoms with Crippen LogP contribution in [0.5, 0.6) is 0 Å². The molecule has 8 atom stereocenters. The quantitative estimate of drug-likeness (QED) is 0.593. The fourth-order valence-electron chi connectivity index (χ4n) is 5.93. The molecule has 80 valence electrons. The van der Waals surface area contributed by atoms with Crippen LogP contribution in [0.25, 0.3) is 0 Å². The molecule has 4 heteroatoms. The maximum absolute atomic E-state index is 12.2. The van der Waals surface area contributed by atoms with Gasteiger partial charge in [-0.05, 0) is 36.5 Å². The SMILES string of the molecule is O=C1[C@@H]2[C@@H]3CC[C@@H]4[C@H]5[C@H]3[C@@H]1[C@H]5S(=O)(=O)[C@H]42. The molecule has 6 bridgehead atoms. The Balaban J connectivity index is 1.90. The van der Waals surface area contributed by atoms with E-state index in [4.69, 9.17) is 0 Å². The van der Waals surface area contributed by atoms with Gasteiger partial charge in [-0.3, -0.25) is 4.79 Å². The van der Waals surface area contributed by atoms with Crippen LogP contribution in [0.1, 0.15) is 12.8 Å². The Morgan fingerprint density at radius 3 is 2.47 bits per heavy atom. The van der Waals surface area contributed by atoms with E-state index in [1.807, 2.05) is 0 Å². The summed E-state index contributed by atoms with van der Waals surface area (Å²) in [4.78, 5) is 12.1. The second-order valence-electron chi connectivity index (χ2n) is 6.03. The van der Waals surface area contributed by atoms with Crippen LogP contribution < -0.4 is 0 Å². The molecule has 0 aromatic heterocycles. The molecule has 0 N–H and O–H groups in total. The molecule has 0 aromatic rings. The fourth-order valence-corrected chi connectivity index (χ4v) is 9.39. The van der Waals surface area contributed by atoms with Gasteiger partial charge in [0.15, 0.2) is 9.84 Å². The van der Waals surface area contributed by atoms with E-state index in [0.717, 1.165) is 12.8 Å². The molecule has 5 saturated carbocycles. The van der Waals surface area contributed by atoms with Gasteiger partial charge in [0.05, 0.1) is 10.5 Å². The second kappa shape index (κ2) is 1.81. The molecule has 3 nitrogen and oxygen atoms in total. The largest absolute Gasteiger partial charge is 0.299 e. The molecule has 0 radical (unpaired) electrons. The first-order valence-corrected chi connectivity index (χ1v) is 7.51. The normalized spacial score (nSPS) is 70.0. The number of fused-ring (bicyclic) bond motifs is 2. The minimum Gasteiger partial charge on any atom is -0.299 e. The Hall–Kier alpha value is -0.380. The lowest BCUT2D eigenvalue weighted by Crippen LogP contribution is -2.55. The van der Waals surface area contributed by atoms with Gasteiger partial charge >= 0.3 is 0 Å². The maximum Gasteiger partial charge on any atom is 0.158 e. The molecular weight excluding hydrogens is 212 g/mol. The number of ketones is 1. The second-order valence-corrected chi connectivity index (χ2v) is 8.30. The van der Waals surface area contributed by atoms with Crippen molar-refractivity contribution in [3.63, 3.8) is 0 Å². The number of carbonyl (C=O) groups excluding carboxylic acids is 1. The van der Waals surface area contributed by atoms with Gasteiger partial charge in [-0.1, -0.05) is 0 Å². The molecule has 0 spiro atoms.